The van der Waals surface area contributed by atoms with E-state index in [1.807, 2.05) is 24.3 Å². The van der Waals surface area contributed by atoms with Crippen LogP contribution in [0.5, 0.6) is 5.75 Å². The Kier molecular flexibility index (Phi) is 5.10. The van der Waals surface area contributed by atoms with Gasteiger partial charge in [0.2, 0.25) is 0 Å². The fraction of sp³-hybridized carbons (Fsp3) is 0.125. The molecular weight excluding hydrogens is 349 g/mol. The molecule has 2 aromatic rings. The summed E-state index contributed by atoms with van der Waals surface area (Å²) < 4.78 is 6.74. The number of halogens is 1. The fourth-order valence-electron chi connectivity index (χ4n) is 1.68. The lowest BCUT2D eigenvalue weighted by atomic mass is 10.2. The summed E-state index contributed by atoms with van der Waals surface area (Å²) in [6, 6.07) is 16.2. The molecule has 0 bridgehead atoms. The summed E-state index contributed by atoms with van der Waals surface area (Å²) in [4.78, 5) is 0. The average molecular weight is 363 g/mol. The monoisotopic (exact) mass is 363 g/mol. The molecule has 0 saturated heterocycles. The maximum atomic E-state index is 5.52. The van der Waals surface area contributed by atoms with Crippen molar-refractivity contribution in [3.63, 3.8) is 0 Å². The molecule has 0 aromatic heterocycles. The van der Waals surface area contributed by atoms with Crippen molar-refractivity contribution in [3.05, 3.63) is 57.7 Å². The van der Waals surface area contributed by atoms with E-state index in [1.165, 1.54) is 3.57 Å². The second kappa shape index (κ2) is 7.05. The SMILES string of the molecule is C#CCOc1ccccc1CNc1ccc(I)cc1. The topological polar surface area (TPSA) is 21.3 Å². The van der Waals surface area contributed by atoms with Crippen LogP contribution in [0.2, 0.25) is 0 Å². The van der Waals surface area contributed by atoms with Crippen LogP contribution >= 0.6 is 22.6 Å². The number of rotatable bonds is 5. The Balaban J connectivity index is 2.03. The molecule has 1 N–H and O–H groups in total. The van der Waals surface area contributed by atoms with E-state index in [4.69, 9.17) is 11.2 Å². The van der Waals surface area contributed by atoms with E-state index in [-0.39, 0.29) is 0 Å². The first-order valence-electron chi connectivity index (χ1n) is 5.93. The molecule has 0 spiro atoms. The van der Waals surface area contributed by atoms with Gasteiger partial charge in [0, 0.05) is 21.4 Å². The summed E-state index contributed by atoms with van der Waals surface area (Å²) in [7, 11) is 0. The van der Waals surface area contributed by atoms with E-state index in [0.29, 0.717) is 13.2 Å². The second-order valence-electron chi connectivity index (χ2n) is 3.96. The lowest BCUT2D eigenvalue weighted by molar-refractivity contribution is 0.366. The Labute approximate surface area is 127 Å². The van der Waals surface area contributed by atoms with Gasteiger partial charge in [0.25, 0.3) is 0 Å². The highest BCUT2D eigenvalue weighted by Gasteiger charge is 2.02. The number of nitrogens with one attached hydrogen (secondary N) is 1. The molecule has 0 atom stereocenters. The predicted octanol–water partition coefficient (Wildman–Crippen LogP) is 3.92. The Morgan fingerprint density at radius 2 is 1.84 bits per heavy atom. The zero-order valence-corrected chi connectivity index (χ0v) is 12.6. The van der Waals surface area contributed by atoms with E-state index < -0.39 is 0 Å². The van der Waals surface area contributed by atoms with Gasteiger partial charge in [-0.3, -0.25) is 0 Å². The van der Waals surface area contributed by atoms with Gasteiger partial charge in [-0.1, -0.05) is 24.1 Å². The van der Waals surface area contributed by atoms with Crippen molar-refractivity contribution >= 4 is 28.3 Å². The van der Waals surface area contributed by atoms with Crippen LogP contribution in [0.1, 0.15) is 5.56 Å². The molecule has 0 amide bonds. The van der Waals surface area contributed by atoms with Crippen LogP contribution in [-0.2, 0) is 6.54 Å². The number of terminal acetylenes is 1. The predicted molar refractivity (Wildman–Crippen MR) is 87.3 cm³/mol. The Morgan fingerprint density at radius 3 is 2.58 bits per heavy atom. The minimum atomic E-state index is 0.292. The first kappa shape index (κ1) is 13.8. The van der Waals surface area contributed by atoms with Crippen molar-refractivity contribution in [2.45, 2.75) is 6.54 Å². The van der Waals surface area contributed by atoms with Crippen molar-refractivity contribution in [1.82, 2.24) is 0 Å². The van der Waals surface area contributed by atoms with Crippen molar-refractivity contribution in [2.24, 2.45) is 0 Å². The van der Waals surface area contributed by atoms with Crippen LogP contribution in [0, 0.1) is 15.9 Å². The number of para-hydroxylation sites is 1. The van der Waals surface area contributed by atoms with Crippen molar-refractivity contribution in [2.75, 3.05) is 11.9 Å². The largest absolute Gasteiger partial charge is 0.481 e. The van der Waals surface area contributed by atoms with E-state index >= 15 is 0 Å². The van der Waals surface area contributed by atoms with Gasteiger partial charge in [-0.25, -0.2) is 0 Å². The van der Waals surface area contributed by atoms with Crippen LogP contribution in [-0.4, -0.2) is 6.61 Å². The second-order valence-corrected chi connectivity index (χ2v) is 5.21. The molecule has 96 valence electrons. The zero-order valence-electron chi connectivity index (χ0n) is 10.4. The van der Waals surface area contributed by atoms with Gasteiger partial charge in [0.15, 0.2) is 0 Å². The molecule has 2 rings (SSSR count). The normalized spacial score (nSPS) is 9.68. The number of hydrogen-bond acceptors (Lipinski definition) is 2. The van der Waals surface area contributed by atoms with Crippen LogP contribution in [0.25, 0.3) is 0 Å². The molecule has 0 aliphatic rings. The Morgan fingerprint density at radius 1 is 1.11 bits per heavy atom. The third-order valence-corrected chi connectivity index (χ3v) is 3.33. The fourth-order valence-corrected chi connectivity index (χ4v) is 2.03. The van der Waals surface area contributed by atoms with E-state index in [2.05, 4.69) is 58.1 Å². The average Bonchev–Trinajstić information content (AvgIpc) is 2.45. The van der Waals surface area contributed by atoms with Gasteiger partial charge in [-0.05, 0) is 52.9 Å². The zero-order chi connectivity index (χ0) is 13.5. The third kappa shape index (κ3) is 4.18. The van der Waals surface area contributed by atoms with Crippen LogP contribution in [0.3, 0.4) is 0 Å². The van der Waals surface area contributed by atoms with Gasteiger partial charge < -0.3 is 10.1 Å². The highest BCUT2D eigenvalue weighted by atomic mass is 127. The Hall–Kier alpha value is -1.67. The first-order chi connectivity index (χ1) is 9.29. The summed E-state index contributed by atoms with van der Waals surface area (Å²) >= 11 is 2.29. The van der Waals surface area contributed by atoms with Gasteiger partial charge in [-0.15, -0.1) is 6.42 Å². The van der Waals surface area contributed by atoms with E-state index in [0.717, 1.165) is 17.0 Å². The minimum absolute atomic E-state index is 0.292. The van der Waals surface area contributed by atoms with E-state index in [1.54, 1.807) is 0 Å². The molecular formula is C16H14INO. The molecule has 0 saturated carbocycles. The third-order valence-electron chi connectivity index (χ3n) is 2.61. The highest BCUT2D eigenvalue weighted by Crippen LogP contribution is 2.20. The Bertz CT molecular complexity index is 572. The van der Waals surface area contributed by atoms with Crippen LogP contribution in [0.4, 0.5) is 5.69 Å². The summed E-state index contributed by atoms with van der Waals surface area (Å²) in [5, 5.41) is 3.37. The van der Waals surface area contributed by atoms with Crippen molar-refractivity contribution in [3.8, 4) is 18.1 Å². The molecule has 2 aromatic carbocycles. The number of benzene rings is 2. The smallest absolute Gasteiger partial charge is 0.148 e. The van der Waals surface area contributed by atoms with Crippen molar-refractivity contribution < 1.29 is 4.74 Å². The molecule has 19 heavy (non-hydrogen) atoms. The molecule has 0 fully saturated rings. The minimum Gasteiger partial charge on any atom is -0.481 e. The lowest BCUT2D eigenvalue weighted by Crippen LogP contribution is -2.03. The first-order valence-corrected chi connectivity index (χ1v) is 7.01. The summed E-state index contributed by atoms with van der Waals surface area (Å²) in [6.07, 6.45) is 5.21. The summed E-state index contributed by atoms with van der Waals surface area (Å²) in [6.45, 7) is 1.00. The van der Waals surface area contributed by atoms with Gasteiger partial charge in [0.1, 0.15) is 12.4 Å². The number of anilines is 1. The van der Waals surface area contributed by atoms with Crippen LogP contribution < -0.4 is 10.1 Å². The maximum Gasteiger partial charge on any atom is 0.148 e. The maximum absolute atomic E-state index is 5.52. The molecule has 0 heterocycles. The van der Waals surface area contributed by atoms with Gasteiger partial charge >= 0.3 is 0 Å². The molecule has 0 radical (unpaired) electrons. The molecule has 2 nitrogen and oxygen atoms in total. The molecule has 0 aliphatic heterocycles. The van der Waals surface area contributed by atoms with E-state index in [9.17, 15) is 0 Å². The van der Waals surface area contributed by atoms with Crippen LogP contribution in [0.15, 0.2) is 48.5 Å². The molecule has 3 heteroatoms. The number of ether oxygens (including phenoxy) is 1. The summed E-state index contributed by atoms with van der Waals surface area (Å²) in [5.74, 6) is 3.31. The lowest BCUT2D eigenvalue weighted by Gasteiger charge is -2.11. The van der Waals surface area contributed by atoms with Gasteiger partial charge in [0.05, 0.1) is 0 Å². The molecule has 0 aliphatic carbocycles. The van der Waals surface area contributed by atoms with Gasteiger partial charge in [-0.2, -0.15) is 0 Å². The summed E-state index contributed by atoms with van der Waals surface area (Å²) in [5.41, 5.74) is 2.18. The standard InChI is InChI=1S/C16H14INO/c1-2-11-19-16-6-4-3-5-13(16)12-18-15-9-7-14(17)8-10-15/h1,3-10,18H,11-12H2. The molecule has 0 unspecified atom stereocenters. The highest BCUT2D eigenvalue weighted by molar-refractivity contribution is 14.1. The quantitative estimate of drug-likeness (QED) is 0.642. The van der Waals surface area contributed by atoms with Crippen molar-refractivity contribution in [1.29, 1.82) is 0 Å². The number of hydrogen-bond donors (Lipinski definition) is 1.